The Morgan fingerprint density at radius 1 is 1.40 bits per heavy atom. The molecule has 20 heavy (non-hydrogen) atoms. The number of hydrogen-bond donors (Lipinski definition) is 2. The molecule has 0 atom stereocenters. The predicted molar refractivity (Wildman–Crippen MR) is 76.0 cm³/mol. The summed E-state index contributed by atoms with van der Waals surface area (Å²) >= 11 is 0. The molecule has 3 N–H and O–H groups in total. The molecule has 0 radical (unpaired) electrons. The van der Waals surface area contributed by atoms with Gasteiger partial charge in [-0.25, -0.2) is 8.42 Å². The van der Waals surface area contributed by atoms with Crippen molar-refractivity contribution in [2.45, 2.75) is 11.8 Å². The van der Waals surface area contributed by atoms with Gasteiger partial charge in [-0.3, -0.25) is 9.40 Å². The van der Waals surface area contributed by atoms with Gasteiger partial charge in [0.1, 0.15) is 10.6 Å². The number of nitrogens with zero attached hydrogens (tertiary/aromatic N) is 2. The minimum Gasteiger partial charge on any atom is -0.492 e. The number of rotatable bonds is 5. The minimum absolute atomic E-state index is 0.00926. The van der Waals surface area contributed by atoms with Crippen LogP contribution in [0.25, 0.3) is 0 Å². The Bertz CT molecular complexity index is 709. The third-order valence-electron chi connectivity index (χ3n) is 2.51. The Morgan fingerprint density at radius 3 is 2.75 bits per heavy atom. The first-order chi connectivity index (χ1) is 9.42. The molecule has 1 aromatic carbocycles. The number of ether oxygens (including phenoxy) is 1. The number of nitrogen functional groups attached to an aromatic ring is 1. The summed E-state index contributed by atoms with van der Waals surface area (Å²) in [5.74, 6) is 0.488. The average Bonchev–Trinajstić information content (AvgIpc) is 2.76. The molecule has 0 saturated heterocycles. The monoisotopic (exact) mass is 296 g/mol. The van der Waals surface area contributed by atoms with Crippen LogP contribution in [-0.2, 0) is 17.1 Å². The third-order valence-corrected chi connectivity index (χ3v) is 3.89. The number of nitrogens with one attached hydrogen (secondary N) is 1. The quantitative estimate of drug-likeness (QED) is 0.808. The van der Waals surface area contributed by atoms with Gasteiger partial charge in [0, 0.05) is 25.0 Å². The molecule has 0 fully saturated rings. The maximum absolute atomic E-state index is 12.4. The van der Waals surface area contributed by atoms with Crippen LogP contribution in [0.1, 0.15) is 6.92 Å². The van der Waals surface area contributed by atoms with Crippen molar-refractivity contribution in [3.05, 3.63) is 30.5 Å². The van der Waals surface area contributed by atoms with Crippen molar-refractivity contribution in [2.24, 2.45) is 7.05 Å². The smallest absolute Gasteiger partial charge is 0.266 e. The lowest BCUT2D eigenvalue weighted by Crippen LogP contribution is -2.15. The summed E-state index contributed by atoms with van der Waals surface area (Å²) in [6.07, 6.45) is 1.64. The van der Waals surface area contributed by atoms with E-state index in [0.717, 1.165) is 0 Å². The van der Waals surface area contributed by atoms with Crippen molar-refractivity contribution in [3.63, 3.8) is 0 Å². The van der Waals surface area contributed by atoms with Gasteiger partial charge in [-0.05, 0) is 25.1 Å². The van der Waals surface area contributed by atoms with Gasteiger partial charge in [0.25, 0.3) is 10.0 Å². The van der Waals surface area contributed by atoms with E-state index in [1.54, 1.807) is 32.3 Å². The normalized spacial score (nSPS) is 11.3. The number of benzene rings is 1. The summed E-state index contributed by atoms with van der Waals surface area (Å²) in [7, 11) is -2.11. The number of sulfonamides is 1. The number of hydrogen-bond acceptors (Lipinski definition) is 5. The summed E-state index contributed by atoms with van der Waals surface area (Å²) in [4.78, 5) is -0.00926. The first-order valence-electron chi connectivity index (χ1n) is 5.97. The third kappa shape index (κ3) is 3.02. The first kappa shape index (κ1) is 14.2. The van der Waals surface area contributed by atoms with Gasteiger partial charge in [-0.2, -0.15) is 5.10 Å². The highest BCUT2D eigenvalue weighted by molar-refractivity contribution is 7.92. The van der Waals surface area contributed by atoms with Crippen LogP contribution in [-0.4, -0.2) is 24.8 Å². The molecule has 0 saturated carbocycles. The fraction of sp³-hybridized carbons (Fsp3) is 0.250. The van der Waals surface area contributed by atoms with E-state index >= 15 is 0 Å². The van der Waals surface area contributed by atoms with Gasteiger partial charge in [-0.1, -0.05) is 0 Å². The molecule has 0 aliphatic carbocycles. The van der Waals surface area contributed by atoms with Crippen molar-refractivity contribution in [1.29, 1.82) is 0 Å². The molecule has 0 spiro atoms. The maximum atomic E-state index is 12.4. The molecule has 1 heterocycles. The molecular weight excluding hydrogens is 280 g/mol. The number of anilines is 2. The van der Waals surface area contributed by atoms with Crippen LogP contribution in [0.2, 0.25) is 0 Å². The number of aromatic nitrogens is 2. The van der Waals surface area contributed by atoms with Gasteiger partial charge < -0.3 is 10.5 Å². The van der Waals surface area contributed by atoms with Crippen LogP contribution in [0.4, 0.5) is 11.5 Å². The standard InChI is InChI=1S/C12H16N4O3S/c1-3-19-10-5-4-9(13)8-11(10)20(17,18)15-12-6-7-16(2)14-12/h4-8H,3,13H2,1-2H3,(H,14,15). The predicted octanol–water partition coefficient (Wildman–Crippen LogP) is 1.20. The van der Waals surface area contributed by atoms with E-state index in [4.69, 9.17) is 10.5 Å². The summed E-state index contributed by atoms with van der Waals surface area (Å²) in [5, 5.41) is 3.97. The molecule has 0 aliphatic rings. The fourth-order valence-electron chi connectivity index (χ4n) is 1.67. The second-order valence-electron chi connectivity index (χ2n) is 4.12. The Kier molecular flexibility index (Phi) is 3.84. The molecule has 0 aliphatic heterocycles. The van der Waals surface area contributed by atoms with Crippen molar-refractivity contribution in [3.8, 4) is 5.75 Å². The largest absolute Gasteiger partial charge is 0.492 e. The Balaban J connectivity index is 2.40. The van der Waals surface area contributed by atoms with Crippen LogP contribution in [0.15, 0.2) is 35.4 Å². The molecule has 1 aromatic heterocycles. The Hall–Kier alpha value is -2.22. The number of aryl methyl sites for hydroxylation is 1. The van der Waals surface area contributed by atoms with Crippen molar-refractivity contribution < 1.29 is 13.2 Å². The van der Waals surface area contributed by atoms with E-state index in [0.29, 0.717) is 12.3 Å². The highest BCUT2D eigenvalue weighted by atomic mass is 32.2. The Morgan fingerprint density at radius 2 is 2.15 bits per heavy atom. The molecule has 7 nitrogen and oxygen atoms in total. The summed E-state index contributed by atoms with van der Waals surface area (Å²) in [6.45, 7) is 2.13. The van der Waals surface area contributed by atoms with E-state index in [1.165, 1.54) is 16.8 Å². The van der Waals surface area contributed by atoms with Crippen molar-refractivity contribution in [1.82, 2.24) is 9.78 Å². The van der Waals surface area contributed by atoms with Crippen molar-refractivity contribution in [2.75, 3.05) is 17.1 Å². The maximum Gasteiger partial charge on any atom is 0.266 e. The highest BCUT2D eigenvalue weighted by Crippen LogP contribution is 2.27. The summed E-state index contributed by atoms with van der Waals surface area (Å²) in [5.41, 5.74) is 5.99. The molecule has 2 rings (SSSR count). The zero-order valence-corrected chi connectivity index (χ0v) is 12.0. The lowest BCUT2D eigenvalue weighted by atomic mass is 10.3. The highest BCUT2D eigenvalue weighted by Gasteiger charge is 2.21. The molecule has 108 valence electrons. The van der Waals surface area contributed by atoms with Crippen molar-refractivity contribution >= 4 is 21.5 Å². The number of nitrogens with two attached hydrogens (primary N) is 1. The minimum atomic E-state index is -3.81. The van der Waals surface area contributed by atoms with Gasteiger partial charge >= 0.3 is 0 Å². The van der Waals surface area contributed by atoms with Crippen LogP contribution >= 0.6 is 0 Å². The van der Waals surface area contributed by atoms with Crippen LogP contribution in [0.3, 0.4) is 0 Å². The van der Waals surface area contributed by atoms with Gasteiger partial charge in [0.05, 0.1) is 6.61 Å². The van der Waals surface area contributed by atoms with Crippen LogP contribution in [0.5, 0.6) is 5.75 Å². The van der Waals surface area contributed by atoms with Crippen LogP contribution in [0, 0.1) is 0 Å². The van der Waals surface area contributed by atoms with E-state index in [-0.39, 0.29) is 16.5 Å². The lowest BCUT2D eigenvalue weighted by molar-refractivity contribution is 0.331. The fourth-order valence-corrected chi connectivity index (χ4v) is 2.85. The summed E-state index contributed by atoms with van der Waals surface area (Å²) in [6, 6.07) is 6.04. The molecule has 8 heteroatoms. The molecular formula is C12H16N4O3S. The molecule has 0 unspecified atom stereocenters. The zero-order chi connectivity index (χ0) is 14.8. The van der Waals surface area contributed by atoms with Gasteiger partial charge in [0.15, 0.2) is 5.82 Å². The molecule has 2 aromatic rings. The van der Waals surface area contributed by atoms with Crippen LogP contribution < -0.4 is 15.2 Å². The second kappa shape index (κ2) is 5.41. The summed E-state index contributed by atoms with van der Waals surface area (Å²) < 4.78 is 33.9. The zero-order valence-electron chi connectivity index (χ0n) is 11.2. The van der Waals surface area contributed by atoms with E-state index < -0.39 is 10.0 Å². The lowest BCUT2D eigenvalue weighted by Gasteiger charge is -2.12. The Labute approximate surface area is 117 Å². The molecule has 0 bridgehead atoms. The van der Waals surface area contributed by atoms with E-state index in [2.05, 4.69) is 9.82 Å². The SMILES string of the molecule is CCOc1ccc(N)cc1S(=O)(=O)Nc1ccn(C)n1. The molecule has 0 amide bonds. The van der Waals surface area contributed by atoms with Gasteiger partial charge in [-0.15, -0.1) is 0 Å². The van der Waals surface area contributed by atoms with E-state index in [9.17, 15) is 8.42 Å². The second-order valence-corrected chi connectivity index (χ2v) is 5.77. The average molecular weight is 296 g/mol. The van der Waals surface area contributed by atoms with E-state index in [1.807, 2.05) is 0 Å². The topological polar surface area (TPSA) is 99.2 Å². The first-order valence-corrected chi connectivity index (χ1v) is 7.45. The van der Waals surface area contributed by atoms with Gasteiger partial charge in [0.2, 0.25) is 0 Å².